The zero-order valence-electron chi connectivity index (χ0n) is 11.2. The highest BCUT2D eigenvalue weighted by Crippen LogP contribution is 2.31. The second kappa shape index (κ2) is 5.29. The monoisotopic (exact) mass is 286 g/mol. The van der Waals surface area contributed by atoms with Gasteiger partial charge in [0.2, 0.25) is 0 Å². The number of benzene rings is 2. The maximum Gasteiger partial charge on any atom is 0.166 e. The van der Waals surface area contributed by atoms with Gasteiger partial charge in [-0.1, -0.05) is 23.7 Å². The Morgan fingerprint density at radius 2 is 1.95 bits per heavy atom. The van der Waals surface area contributed by atoms with E-state index in [1.54, 1.807) is 7.11 Å². The molecule has 0 saturated heterocycles. The number of ketones is 1. The fraction of sp³-hybridized carbons (Fsp3) is 0.235. The van der Waals surface area contributed by atoms with Crippen molar-refractivity contribution in [2.45, 2.75) is 12.8 Å². The van der Waals surface area contributed by atoms with Crippen LogP contribution in [0.25, 0.3) is 0 Å². The Labute approximate surface area is 123 Å². The molecule has 0 bridgehead atoms. The number of carbonyl (C=O) groups is 1. The molecule has 0 N–H and O–H groups in total. The largest absolute Gasteiger partial charge is 0.497 e. The van der Waals surface area contributed by atoms with E-state index in [0.717, 1.165) is 40.3 Å². The van der Waals surface area contributed by atoms with Crippen LogP contribution in [0.5, 0.6) is 5.75 Å². The summed E-state index contributed by atoms with van der Waals surface area (Å²) in [5.74, 6) is 1.07. The number of fused-ring (bicyclic) bond motifs is 1. The van der Waals surface area contributed by atoms with E-state index in [0.29, 0.717) is 0 Å². The number of methoxy groups -OCH3 is 1. The first-order chi connectivity index (χ1) is 9.67. The van der Waals surface area contributed by atoms with Gasteiger partial charge in [0.15, 0.2) is 5.78 Å². The highest BCUT2D eigenvalue weighted by atomic mass is 35.5. The Morgan fingerprint density at radius 1 is 1.20 bits per heavy atom. The van der Waals surface area contributed by atoms with Crippen LogP contribution in [0.2, 0.25) is 5.02 Å². The van der Waals surface area contributed by atoms with Gasteiger partial charge in [-0.25, -0.2) is 0 Å². The van der Waals surface area contributed by atoms with Crippen LogP contribution in [-0.2, 0) is 12.8 Å². The third-order valence-corrected chi connectivity index (χ3v) is 4.06. The molecule has 1 aliphatic carbocycles. The van der Waals surface area contributed by atoms with Crippen molar-refractivity contribution in [1.82, 2.24) is 0 Å². The van der Waals surface area contributed by atoms with E-state index in [9.17, 15) is 4.79 Å². The molecule has 0 radical (unpaired) electrons. The summed E-state index contributed by atoms with van der Waals surface area (Å²) < 4.78 is 5.22. The van der Waals surface area contributed by atoms with Gasteiger partial charge in [0.25, 0.3) is 0 Å². The minimum atomic E-state index is 0.0262. The normalized spacial score (nSPS) is 17.1. The lowest BCUT2D eigenvalue weighted by molar-refractivity contribution is 0.0936. The molecule has 0 saturated carbocycles. The van der Waals surface area contributed by atoms with Crippen molar-refractivity contribution < 1.29 is 9.53 Å². The summed E-state index contributed by atoms with van der Waals surface area (Å²) in [6.45, 7) is 0. The summed E-state index contributed by atoms with van der Waals surface area (Å²) in [6, 6.07) is 13.4. The van der Waals surface area contributed by atoms with Gasteiger partial charge in [0, 0.05) is 16.5 Å². The molecule has 3 rings (SSSR count). The number of rotatable bonds is 3. The smallest absolute Gasteiger partial charge is 0.166 e. The molecule has 3 heteroatoms. The topological polar surface area (TPSA) is 26.3 Å². The molecule has 102 valence electrons. The van der Waals surface area contributed by atoms with E-state index < -0.39 is 0 Å². The van der Waals surface area contributed by atoms with Gasteiger partial charge < -0.3 is 4.74 Å². The summed E-state index contributed by atoms with van der Waals surface area (Å²) in [6.07, 6.45) is 1.54. The third kappa shape index (κ3) is 2.44. The Morgan fingerprint density at radius 3 is 2.65 bits per heavy atom. The highest BCUT2D eigenvalue weighted by Gasteiger charge is 2.30. The quantitative estimate of drug-likeness (QED) is 0.854. The predicted octanol–water partition coefficient (Wildman–Crippen LogP) is 3.95. The van der Waals surface area contributed by atoms with Crippen LogP contribution in [-0.4, -0.2) is 12.9 Å². The standard InChI is InChI=1S/C17H15ClO2/c1-20-15-6-7-16-12(10-15)9-13(17(16)19)8-11-2-4-14(18)5-3-11/h2-7,10,13H,8-9H2,1H3/t13-/m0/s1. The Kier molecular flexibility index (Phi) is 3.49. The maximum absolute atomic E-state index is 12.4. The number of hydrogen-bond acceptors (Lipinski definition) is 2. The molecule has 0 aliphatic heterocycles. The molecular weight excluding hydrogens is 272 g/mol. The van der Waals surface area contributed by atoms with Crippen LogP contribution in [0.15, 0.2) is 42.5 Å². The molecule has 2 aromatic rings. The summed E-state index contributed by atoms with van der Waals surface area (Å²) >= 11 is 5.88. The van der Waals surface area contributed by atoms with Crippen LogP contribution >= 0.6 is 11.6 Å². The lowest BCUT2D eigenvalue weighted by Crippen LogP contribution is -2.12. The van der Waals surface area contributed by atoms with Gasteiger partial charge >= 0.3 is 0 Å². The van der Waals surface area contributed by atoms with E-state index >= 15 is 0 Å². The summed E-state index contributed by atoms with van der Waals surface area (Å²) in [5.41, 5.74) is 3.07. The summed E-state index contributed by atoms with van der Waals surface area (Å²) in [5, 5.41) is 0.722. The number of ether oxygens (including phenoxy) is 1. The second-order valence-electron chi connectivity index (χ2n) is 5.12. The minimum Gasteiger partial charge on any atom is -0.497 e. The van der Waals surface area contributed by atoms with Crippen LogP contribution in [0, 0.1) is 5.92 Å². The first-order valence-electron chi connectivity index (χ1n) is 6.63. The number of hydrogen-bond donors (Lipinski definition) is 0. The number of halogens is 1. The predicted molar refractivity (Wildman–Crippen MR) is 79.7 cm³/mol. The van der Waals surface area contributed by atoms with Crippen molar-refractivity contribution in [2.75, 3.05) is 7.11 Å². The zero-order valence-corrected chi connectivity index (χ0v) is 12.0. The first kappa shape index (κ1) is 13.2. The van der Waals surface area contributed by atoms with Crippen molar-refractivity contribution in [3.63, 3.8) is 0 Å². The fourth-order valence-electron chi connectivity index (χ4n) is 2.75. The van der Waals surface area contributed by atoms with Gasteiger partial charge in [-0.05, 0) is 54.3 Å². The Hall–Kier alpha value is -1.80. The van der Waals surface area contributed by atoms with E-state index in [1.807, 2.05) is 42.5 Å². The van der Waals surface area contributed by atoms with Crippen molar-refractivity contribution in [3.8, 4) is 5.75 Å². The fourth-order valence-corrected chi connectivity index (χ4v) is 2.88. The van der Waals surface area contributed by atoms with Crippen molar-refractivity contribution in [1.29, 1.82) is 0 Å². The molecular formula is C17H15ClO2. The van der Waals surface area contributed by atoms with Gasteiger partial charge in [-0.2, -0.15) is 0 Å². The molecule has 2 nitrogen and oxygen atoms in total. The molecule has 0 amide bonds. The minimum absolute atomic E-state index is 0.0262. The Bertz CT molecular complexity index is 647. The average molecular weight is 287 g/mol. The maximum atomic E-state index is 12.4. The van der Waals surface area contributed by atoms with E-state index in [-0.39, 0.29) is 11.7 Å². The van der Waals surface area contributed by atoms with Crippen LogP contribution in [0.3, 0.4) is 0 Å². The molecule has 0 aromatic heterocycles. The molecule has 0 spiro atoms. The zero-order chi connectivity index (χ0) is 14.1. The summed E-state index contributed by atoms with van der Waals surface area (Å²) in [7, 11) is 1.64. The second-order valence-corrected chi connectivity index (χ2v) is 5.56. The lowest BCUT2D eigenvalue weighted by atomic mass is 9.96. The third-order valence-electron chi connectivity index (χ3n) is 3.81. The van der Waals surface area contributed by atoms with Gasteiger partial charge in [0.1, 0.15) is 5.75 Å². The van der Waals surface area contributed by atoms with E-state index in [1.165, 1.54) is 0 Å². The van der Waals surface area contributed by atoms with Crippen molar-refractivity contribution in [2.24, 2.45) is 5.92 Å². The molecule has 0 unspecified atom stereocenters. The molecule has 1 aliphatic rings. The van der Waals surface area contributed by atoms with Gasteiger partial charge in [-0.15, -0.1) is 0 Å². The molecule has 1 atom stereocenters. The SMILES string of the molecule is COc1ccc2c(c1)C[C@H](Cc1ccc(Cl)cc1)C2=O. The Balaban J connectivity index is 1.81. The molecule has 0 heterocycles. The molecule has 0 fully saturated rings. The van der Waals surface area contributed by atoms with Crippen molar-refractivity contribution in [3.05, 3.63) is 64.2 Å². The van der Waals surface area contributed by atoms with Crippen LogP contribution in [0.4, 0.5) is 0 Å². The lowest BCUT2D eigenvalue weighted by Gasteiger charge is -2.07. The van der Waals surface area contributed by atoms with Gasteiger partial charge in [0.05, 0.1) is 7.11 Å². The van der Waals surface area contributed by atoms with Crippen molar-refractivity contribution >= 4 is 17.4 Å². The average Bonchev–Trinajstić information content (AvgIpc) is 2.77. The highest BCUT2D eigenvalue weighted by molar-refractivity contribution is 6.30. The van der Waals surface area contributed by atoms with Crippen LogP contribution in [0.1, 0.15) is 21.5 Å². The first-order valence-corrected chi connectivity index (χ1v) is 7.01. The van der Waals surface area contributed by atoms with Gasteiger partial charge in [-0.3, -0.25) is 4.79 Å². The summed E-state index contributed by atoms with van der Waals surface area (Å²) in [4.78, 5) is 12.4. The molecule has 20 heavy (non-hydrogen) atoms. The van der Waals surface area contributed by atoms with Crippen LogP contribution < -0.4 is 4.74 Å². The van der Waals surface area contributed by atoms with E-state index in [2.05, 4.69) is 0 Å². The number of Topliss-reactive ketones (excluding diaryl/α,β-unsaturated/α-hetero) is 1. The van der Waals surface area contributed by atoms with E-state index in [4.69, 9.17) is 16.3 Å². The number of carbonyl (C=O) groups excluding carboxylic acids is 1. The molecule has 2 aromatic carbocycles.